The predicted molar refractivity (Wildman–Crippen MR) is 99.5 cm³/mol. The molecule has 0 bridgehead atoms. The number of hydrogen-bond donors (Lipinski definition) is 2. The molecule has 0 saturated carbocycles. The highest BCUT2D eigenvalue weighted by atomic mass is 35.5. The van der Waals surface area contributed by atoms with Gasteiger partial charge in [-0.05, 0) is 38.5 Å². The molecule has 9 heteroatoms. The molecule has 0 fully saturated rings. The number of anilines is 1. The number of nitrogens with zero attached hydrogens (tertiary/aromatic N) is 2. The molecule has 7 nitrogen and oxygen atoms in total. The van der Waals surface area contributed by atoms with Crippen LogP contribution < -0.4 is 20.5 Å². The Labute approximate surface area is 154 Å². The van der Waals surface area contributed by atoms with Gasteiger partial charge in [-0.3, -0.25) is 10.2 Å². The Morgan fingerprint density at radius 1 is 1.40 bits per heavy atom. The lowest BCUT2D eigenvalue weighted by molar-refractivity contribution is 0.224. The first-order valence-corrected chi connectivity index (χ1v) is 8.33. The van der Waals surface area contributed by atoms with Gasteiger partial charge in [0.1, 0.15) is 10.7 Å². The Bertz CT molecular complexity index is 822. The molecule has 0 spiro atoms. The summed E-state index contributed by atoms with van der Waals surface area (Å²) in [5.74, 6) is 1.02. The van der Waals surface area contributed by atoms with Crippen molar-refractivity contribution >= 4 is 35.1 Å². The molecular formula is C16H18Cl2N4O3. The molecule has 25 heavy (non-hydrogen) atoms. The van der Waals surface area contributed by atoms with Gasteiger partial charge in [-0.2, -0.15) is 10.2 Å². The van der Waals surface area contributed by atoms with Gasteiger partial charge in [0, 0.05) is 0 Å². The molecule has 1 aromatic heterocycles. The molecule has 0 aliphatic carbocycles. The van der Waals surface area contributed by atoms with Gasteiger partial charge in [0.05, 0.1) is 30.1 Å². The molecule has 2 aromatic rings. The Balaban J connectivity index is 2.24. The Morgan fingerprint density at radius 2 is 2.16 bits per heavy atom. The van der Waals surface area contributed by atoms with E-state index in [0.717, 1.165) is 0 Å². The van der Waals surface area contributed by atoms with Crippen LogP contribution in [-0.4, -0.2) is 29.1 Å². The highest BCUT2D eigenvalue weighted by molar-refractivity contribution is 6.33. The van der Waals surface area contributed by atoms with Gasteiger partial charge in [0.2, 0.25) is 0 Å². The number of ether oxygens (including phenoxy) is 2. The average Bonchev–Trinajstić information content (AvgIpc) is 2.55. The molecule has 0 unspecified atom stereocenters. The highest BCUT2D eigenvalue weighted by Crippen LogP contribution is 2.37. The topological polar surface area (TPSA) is 88.6 Å². The van der Waals surface area contributed by atoms with Crippen LogP contribution in [0.15, 0.2) is 28.2 Å². The molecule has 0 radical (unpaired) electrons. The van der Waals surface area contributed by atoms with E-state index in [-0.39, 0.29) is 16.8 Å². The van der Waals surface area contributed by atoms with Gasteiger partial charge in [0.25, 0.3) is 5.56 Å². The average molecular weight is 385 g/mol. The van der Waals surface area contributed by atoms with Crippen molar-refractivity contribution < 1.29 is 9.47 Å². The number of H-pyrrole nitrogens is 1. The summed E-state index contributed by atoms with van der Waals surface area (Å²) in [5, 5.41) is 10.3. The zero-order valence-corrected chi connectivity index (χ0v) is 15.5. The van der Waals surface area contributed by atoms with E-state index >= 15 is 0 Å². The fraction of sp³-hybridized carbons (Fsp3) is 0.312. The molecule has 0 saturated heterocycles. The second kappa shape index (κ2) is 8.73. The van der Waals surface area contributed by atoms with Crippen LogP contribution in [0.2, 0.25) is 10.0 Å². The van der Waals surface area contributed by atoms with Gasteiger partial charge < -0.3 is 9.47 Å². The largest absolute Gasteiger partial charge is 0.490 e. The van der Waals surface area contributed by atoms with Crippen molar-refractivity contribution in [3.63, 3.8) is 0 Å². The van der Waals surface area contributed by atoms with Crippen molar-refractivity contribution in [2.75, 3.05) is 12.0 Å². The van der Waals surface area contributed by atoms with E-state index < -0.39 is 5.56 Å². The molecule has 1 heterocycles. The third-order valence-corrected chi connectivity index (χ3v) is 3.54. The number of benzene rings is 1. The predicted octanol–water partition coefficient (Wildman–Crippen LogP) is 3.71. The third kappa shape index (κ3) is 5.11. The Kier molecular flexibility index (Phi) is 6.66. The molecule has 134 valence electrons. The first-order valence-electron chi connectivity index (χ1n) is 7.57. The summed E-state index contributed by atoms with van der Waals surface area (Å²) in [6.45, 7) is 6.16. The van der Waals surface area contributed by atoms with Gasteiger partial charge >= 0.3 is 0 Å². The maximum Gasteiger partial charge on any atom is 0.285 e. The number of hydrazone groups is 1. The summed E-state index contributed by atoms with van der Waals surface area (Å²) in [7, 11) is 0. The summed E-state index contributed by atoms with van der Waals surface area (Å²) in [6, 6.07) is 3.46. The van der Waals surface area contributed by atoms with Gasteiger partial charge in [-0.15, -0.1) is 0 Å². The minimum atomic E-state index is -0.501. The maximum absolute atomic E-state index is 11.4. The third-order valence-electron chi connectivity index (χ3n) is 2.88. The summed E-state index contributed by atoms with van der Waals surface area (Å²) in [6.07, 6.45) is 2.84. The van der Waals surface area contributed by atoms with E-state index in [1.165, 1.54) is 12.4 Å². The standard InChI is InChI=1S/C16H18Cl2N4O3/c1-4-24-13-6-10(5-11(17)15(13)25-9(2)3)7-19-21-12-8-20-22-16(23)14(12)18/h5-9H,4H2,1-3H3,(H2,21,22,23)/b19-7-. The Morgan fingerprint density at radius 3 is 2.84 bits per heavy atom. The van der Waals surface area contributed by atoms with E-state index in [2.05, 4.69) is 20.7 Å². The lowest BCUT2D eigenvalue weighted by Gasteiger charge is -2.16. The van der Waals surface area contributed by atoms with E-state index in [1.54, 1.807) is 12.1 Å². The lowest BCUT2D eigenvalue weighted by atomic mass is 10.2. The van der Waals surface area contributed by atoms with Crippen molar-refractivity contribution in [1.82, 2.24) is 10.2 Å². The quantitative estimate of drug-likeness (QED) is 0.560. The molecule has 0 amide bonds. The zero-order valence-electron chi connectivity index (χ0n) is 14.0. The fourth-order valence-electron chi connectivity index (χ4n) is 1.91. The van der Waals surface area contributed by atoms with E-state index in [9.17, 15) is 4.79 Å². The summed E-state index contributed by atoms with van der Waals surface area (Å²) in [5.41, 5.74) is 3.13. The molecule has 1 aromatic carbocycles. The number of nitrogens with one attached hydrogen (secondary N) is 2. The summed E-state index contributed by atoms with van der Waals surface area (Å²) < 4.78 is 11.3. The lowest BCUT2D eigenvalue weighted by Crippen LogP contribution is -2.10. The van der Waals surface area contributed by atoms with E-state index in [1.807, 2.05) is 20.8 Å². The fourth-order valence-corrected chi connectivity index (χ4v) is 2.31. The SMILES string of the molecule is CCOc1cc(/C=N\Nc2cn[nH]c(=O)c2Cl)cc(Cl)c1OC(C)C. The monoisotopic (exact) mass is 384 g/mol. The molecule has 2 rings (SSSR count). The summed E-state index contributed by atoms with van der Waals surface area (Å²) >= 11 is 12.2. The minimum Gasteiger partial charge on any atom is -0.490 e. The highest BCUT2D eigenvalue weighted by Gasteiger charge is 2.13. The smallest absolute Gasteiger partial charge is 0.285 e. The van der Waals surface area contributed by atoms with Crippen molar-refractivity contribution in [3.8, 4) is 11.5 Å². The first kappa shape index (κ1) is 19.1. The normalized spacial score (nSPS) is 11.1. The van der Waals surface area contributed by atoms with Crippen LogP contribution in [0, 0.1) is 0 Å². The van der Waals surface area contributed by atoms with Crippen molar-refractivity contribution in [2.45, 2.75) is 26.9 Å². The van der Waals surface area contributed by atoms with Crippen LogP contribution in [0.1, 0.15) is 26.3 Å². The van der Waals surface area contributed by atoms with Crippen LogP contribution in [-0.2, 0) is 0 Å². The van der Waals surface area contributed by atoms with Crippen LogP contribution in [0.4, 0.5) is 5.69 Å². The molecular weight excluding hydrogens is 367 g/mol. The van der Waals surface area contributed by atoms with E-state index in [0.29, 0.717) is 28.7 Å². The first-order chi connectivity index (χ1) is 11.9. The number of aromatic nitrogens is 2. The van der Waals surface area contributed by atoms with Gasteiger partial charge in [0.15, 0.2) is 11.5 Å². The number of aromatic amines is 1. The van der Waals surface area contributed by atoms with Crippen LogP contribution in [0.5, 0.6) is 11.5 Å². The van der Waals surface area contributed by atoms with E-state index in [4.69, 9.17) is 32.7 Å². The second-order valence-electron chi connectivity index (χ2n) is 5.23. The minimum absolute atomic E-state index is 0.0270. The summed E-state index contributed by atoms with van der Waals surface area (Å²) in [4.78, 5) is 11.4. The molecule has 0 atom stereocenters. The number of rotatable bonds is 7. The molecule has 0 aliphatic heterocycles. The number of hydrogen-bond acceptors (Lipinski definition) is 6. The molecule has 0 aliphatic rings. The maximum atomic E-state index is 11.4. The molecule has 2 N–H and O–H groups in total. The van der Waals surface area contributed by atoms with Crippen molar-refractivity contribution in [1.29, 1.82) is 0 Å². The van der Waals surface area contributed by atoms with Gasteiger partial charge in [-0.25, -0.2) is 5.10 Å². The van der Waals surface area contributed by atoms with Crippen LogP contribution in [0.3, 0.4) is 0 Å². The van der Waals surface area contributed by atoms with Gasteiger partial charge in [-0.1, -0.05) is 23.2 Å². The van der Waals surface area contributed by atoms with Crippen molar-refractivity contribution in [3.05, 3.63) is 44.3 Å². The van der Waals surface area contributed by atoms with Crippen molar-refractivity contribution in [2.24, 2.45) is 5.10 Å². The zero-order chi connectivity index (χ0) is 18.4. The van der Waals surface area contributed by atoms with Crippen LogP contribution in [0.25, 0.3) is 0 Å². The second-order valence-corrected chi connectivity index (χ2v) is 6.01. The number of halogens is 2. The van der Waals surface area contributed by atoms with Crippen LogP contribution >= 0.6 is 23.2 Å². The Hall–Kier alpha value is -2.25.